The highest BCUT2D eigenvalue weighted by Gasteiger charge is 2.28. The summed E-state index contributed by atoms with van der Waals surface area (Å²) in [6.45, 7) is 0. The first kappa shape index (κ1) is 15.3. The Morgan fingerprint density at radius 3 is 2.24 bits per heavy atom. The first-order chi connectivity index (χ1) is 12.2. The van der Waals surface area contributed by atoms with Gasteiger partial charge in [-0.25, -0.2) is 0 Å². The minimum Gasteiger partial charge on any atom is -0.484 e. The van der Waals surface area contributed by atoms with Gasteiger partial charge in [0.15, 0.2) is 11.6 Å². The number of ketones is 2. The molecule has 0 bridgehead atoms. The highest BCUT2D eigenvalue weighted by atomic mass is 16.5. The maximum Gasteiger partial charge on any atom is 0.193 e. The van der Waals surface area contributed by atoms with E-state index in [1.165, 1.54) is 0 Å². The number of Topliss-reactive ketones (excluding diaryl/α,β-unsaturated/α-hetero) is 1. The normalized spacial score (nSPS) is 16.0. The largest absolute Gasteiger partial charge is 0.484 e. The Morgan fingerprint density at radius 1 is 0.840 bits per heavy atom. The Morgan fingerprint density at radius 2 is 1.52 bits per heavy atom. The van der Waals surface area contributed by atoms with Crippen molar-refractivity contribution < 1.29 is 14.3 Å². The van der Waals surface area contributed by atoms with Crippen LogP contribution in [0.25, 0.3) is 0 Å². The van der Waals surface area contributed by atoms with Gasteiger partial charge in [0.05, 0.1) is 12.0 Å². The van der Waals surface area contributed by atoms with E-state index >= 15 is 0 Å². The van der Waals surface area contributed by atoms with Crippen LogP contribution in [0.3, 0.4) is 0 Å². The molecule has 25 heavy (non-hydrogen) atoms. The summed E-state index contributed by atoms with van der Waals surface area (Å²) in [6.07, 6.45) is -0.00290. The molecule has 1 aliphatic heterocycles. The number of ether oxygens (including phenoxy) is 1. The van der Waals surface area contributed by atoms with Crippen LogP contribution in [-0.2, 0) is 0 Å². The molecule has 3 heteroatoms. The van der Waals surface area contributed by atoms with E-state index in [1.54, 1.807) is 30.3 Å². The summed E-state index contributed by atoms with van der Waals surface area (Å²) >= 11 is 0. The van der Waals surface area contributed by atoms with Crippen molar-refractivity contribution in [2.75, 3.05) is 0 Å². The standard InChI is InChI=1S/C22H16O3/c23-19-14-21(15-7-3-1-4-8-15)25-20-12-11-17(13-18(19)20)22(24)16-9-5-2-6-10-16/h1-13,21H,14H2. The van der Waals surface area contributed by atoms with Gasteiger partial charge in [-0.2, -0.15) is 0 Å². The first-order valence-corrected chi connectivity index (χ1v) is 8.21. The number of carbonyl (C=O) groups excluding carboxylic acids is 2. The zero-order valence-corrected chi connectivity index (χ0v) is 13.5. The molecule has 0 spiro atoms. The monoisotopic (exact) mass is 328 g/mol. The molecule has 3 aromatic carbocycles. The van der Waals surface area contributed by atoms with Gasteiger partial charge < -0.3 is 4.74 Å². The molecule has 4 rings (SSSR count). The van der Waals surface area contributed by atoms with Crippen molar-refractivity contribution in [3.05, 3.63) is 101 Å². The highest BCUT2D eigenvalue weighted by Crippen LogP contribution is 2.35. The van der Waals surface area contributed by atoms with Gasteiger partial charge in [-0.15, -0.1) is 0 Å². The molecule has 1 aliphatic rings. The van der Waals surface area contributed by atoms with E-state index in [-0.39, 0.29) is 24.1 Å². The Hall–Kier alpha value is -3.20. The molecule has 1 unspecified atom stereocenters. The molecule has 0 saturated carbocycles. The van der Waals surface area contributed by atoms with E-state index in [0.29, 0.717) is 22.4 Å². The number of hydrogen-bond donors (Lipinski definition) is 0. The van der Waals surface area contributed by atoms with Gasteiger partial charge in [-0.05, 0) is 23.8 Å². The van der Waals surface area contributed by atoms with Crippen LogP contribution in [0.5, 0.6) is 5.75 Å². The minimum absolute atomic E-state index is 0.00202. The average Bonchev–Trinajstić information content (AvgIpc) is 2.68. The molecule has 0 fully saturated rings. The second kappa shape index (κ2) is 6.36. The van der Waals surface area contributed by atoms with Gasteiger partial charge in [0.25, 0.3) is 0 Å². The van der Waals surface area contributed by atoms with Crippen LogP contribution in [0, 0.1) is 0 Å². The zero-order valence-electron chi connectivity index (χ0n) is 13.5. The fourth-order valence-corrected chi connectivity index (χ4v) is 3.07. The van der Waals surface area contributed by atoms with E-state index in [0.717, 1.165) is 5.56 Å². The lowest BCUT2D eigenvalue weighted by Crippen LogP contribution is -2.21. The van der Waals surface area contributed by atoms with Gasteiger partial charge >= 0.3 is 0 Å². The number of rotatable bonds is 3. The molecule has 0 aliphatic carbocycles. The van der Waals surface area contributed by atoms with Crippen LogP contribution in [0.1, 0.15) is 44.4 Å². The average molecular weight is 328 g/mol. The lowest BCUT2D eigenvalue weighted by atomic mass is 9.93. The van der Waals surface area contributed by atoms with Gasteiger partial charge in [-0.1, -0.05) is 60.7 Å². The van der Waals surface area contributed by atoms with Crippen molar-refractivity contribution in [1.29, 1.82) is 0 Å². The summed E-state index contributed by atoms with van der Waals surface area (Å²) in [4.78, 5) is 25.2. The Kier molecular flexibility index (Phi) is 3.90. The Bertz CT molecular complexity index is 930. The SMILES string of the molecule is O=C(c1ccccc1)c1ccc2c(c1)C(=O)CC(c1ccccc1)O2. The van der Waals surface area contributed by atoms with Crippen LogP contribution in [0.15, 0.2) is 78.9 Å². The fraction of sp³-hybridized carbons (Fsp3) is 0.0909. The van der Waals surface area contributed by atoms with E-state index < -0.39 is 0 Å². The summed E-state index contributed by atoms with van der Waals surface area (Å²) in [7, 11) is 0. The summed E-state index contributed by atoms with van der Waals surface area (Å²) in [6, 6.07) is 23.8. The van der Waals surface area contributed by atoms with Crippen LogP contribution < -0.4 is 4.74 Å². The van der Waals surface area contributed by atoms with Gasteiger partial charge in [-0.3, -0.25) is 9.59 Å². The Balaban J connectivity index is 1.65. The second-order valence-electron chi connectivity index (χ2n) is 6.05. The second-order valence-corrected chi connectivity index (χ2v) is 6.05. The molecule has 0 radical (unpaired) electrons. The molecule has 122 valence electrons. The third-order valence-electron chi connectivity index (χ3n) is 4.39. The zero-order chi connectivity index (χ0) is 17.2. The molecule has 1 heterocycles. The summed E-state index contributed by atoms with van der Waals surface area (Å²) in [5.74, 6) is 0.439. The lowest BCUT2D eigenvalue weighted by Gasteiger charge is -2.25. The molecule has 3 nitrogen and oxygen atoms in total. The smallest absolute Gasteiger partial charge is 0.193 e. The predicted molar refractivity (Wildman–Crippen MR) is 95.1 cm³/mol. The van der Waals surface area contributed by atoms with Crippen LogP contribution in [0.2, 0.25) is 0 Å². The van der Waals surface area contributed by atoms with Crippen LogP contribution in [-0.4, -0.2) is 11.6 Å². The predicted octanol–water partition coefficient (Wildman–Crippen LogP) is 4.62. The summed E-state index contributed by atoms with van der Waals surface area (Å²) in [5, 5.41) is 0. The molecule has 0 saturated heterocycles. The summed E-state index contributed by atoms with van der Waals surface area (Å²) in [5.41, 5.74) is 2.56. The van der Waals surface area contributed by atoms with Crippen molar-refractivity contribution >= 4 is 11.6 Å². The topological polar surface area (TPSA) is 43.4 Å². The van der Waals surface area contributed by atoms with Gasteiger partial charge in [0.1, 0.15) is 11.9 Å². The molecule has 0 aromatic heterocycles. The van der Waals surface area contributed by atoms with Crippen molar-refractivity contribution in [3.8, 4) is 5.75 Å². The van der Waals surface area contributed by atoms with E-state index in [4.69, 9.17) is 4.74 Å². The molecular weight excluding hydrogens is 312 g/mol. The van der Waals surface area contributed by atoms with Crippen molar-refractivity contribution in [3.63, 3.8) is 0 Å². The number of hydrogen-bond acceptors (Lipinski definition) is 3. The highest BCUT2D eigenvalue weighted by molar-refractivity contribution is 6.11. The minimum atomic E-state index is -0.281. The number of benzene rings is 3. The van der Waals surface area contributed by atoms with E-state index in [9.17, 15) is 9.59 Å². The van der Waals surface area contributed by atoms with Crippen molar-refractivity contribution in [2.24, 2.45) is 0 Å². The maximum atomic E-state index is 12.6. The van der Waals surface area contributed by atoms with Gasteiger partial charge in [0, 0.05) is 11.1 Å². The van der Waals surface area contributed by atoms with Crippen LogP contribution >= 0.6 is 0 Å². The quantitative estimate of drug-likeness (QED) is 0.659. The van der Waals surface area contributed by atoms with Gasteiger partial charge in [0.2, 0.25) is 0 Å². The third-order valence-corrected chi connectivity index (χ3v) is 4.39. The van der Waals surface area contributed by atoms with Crippen LogP contribution in [0.4, 0.5) is 0 Å². The summed E-state index contributed by atoms with van der Waals surface area (Å²) < 4.78 is 6.00. The van der Waals surface area contributed by atoms with Crippen molar-refractivity contribution in [1.82, 2.24) is 0 Å². The fourth-order valence-electron chi connectivity index (χ4n) is 3.07. The maximum absolute atomic E-state index is 12.6. The third kappa shape index (κ3) is 2.96. The molecule has 1 atom stereocenters. The molecular formula is C22H16O3. The van der Waals surface area contributed by atoms with E-state index in [1.807, 2.05) is 48.5 Å². The van der Waals surface area contributed by atoms with Crippen molar-refractivity contribution in [2.45, 2.75) is 12.5 Å². The molecule has 0 amide bonds. The number of fused-ring (bicyclic) bond motifs is 1. The molecule has 0 N–H and O–H groups in total. The first-order valence-electron chi connectivity index (χ1n) is 8.21. The van der Waals surface area contributed by atoms with E-state index in [2.05, 4.69) is 0 Å². The molecule has 3 aromatic rings. The Labute approximate surface area is 145 Å². The number of carbonyl (C=O) groups is 2. The lowest BCUT2D eigenvalue weighted by molar-refractivity contribution is 0.0850.